The van der Waals surface area contributed by atoms with Crippen molar-refractivity contribution in [1.82, 2.24) is 0 Å². The van der Waals surface area contributed by atoms with E-state index in [1.165, 1.54) is 0 Å². The van der Waals surface area contributed by atoms with E-state index in [0.29, 0.717) is 0 Å². The van der Waals surface area contributed by atoms with E-state index in [2.05, 4.69) is 0 Å². The first-order chi connectivity index (χ1) is 36.7. The lowest BCUT2D eigenvalue weighted by Gasteiger charge is -2.50. The summed E-state index contributed by atoms with van der Waals surface area (Å²) in [5.74, 6) is -3.60. The lowest BCUT2D eigenvalue weighted by atomic mass is 9.80. The van der Waals surface area contributed by atoms with Crippen LogP contribution in [0, 0.1) is 17.8 Å². The van der Waals surface area contributed by atoms with Crippen LogP contribution < -0.4 is 0 Å². The monoisotopic (exact) mass is 1130 g/mol. The summed E-state index contributed by atoms with van der Waals surface area (Å²) in [6, 6.07) is 0. The third-order valence-corrected chi connectivity index (χ3v) is 16.3. The van der Waals surface area contributed by atoms with Crippen LogP contribution in [0.1, 0.15) is 19.3 Å². The van der Waals surface area contributed by atoms with Crippen LogP contribution in [0.3, 0.4) is 0 Å². The van der Waals surface area contributed by atoms with Gasteiger partial charge in [-0.25, -0.2) is 0 Å². The van der Waals surface area contributed by atoms with Gasteiger partial charge in [-0.2, -0.15) is 0 Å². The summed E-state index contributed by atoms with van der Waals surface area (Å²) in [6.45, 7) is -6.27. The van der Waals surface area contributed by atoms with Crippen molar-refractivity contribution >= 4 is 0 Å². The molecule has 3 saturated carbocycles. The van der Waals surface area contributed by atoms with Crippen molar-refractivity contribution in [1.29, 1.82) is 0 Å². The average Bonchev–Trinajstić information content (AvgIpc) is 3.45. The molecule has 0 aromatic carbocycles. The van der Waals surface area contributed by atoms with Gasteiger partial charge in [-0.3, -0.25) is 0 Å². The third-order valence-electron chi connectivity index (χ3n) is 16.3. The van der Waals surface area contributed by atoms with E-state index in [4.69, 9.17) is 52.1 Å². The zero-order valence-electron chi connectivity index (χ0n) is 41.2. The molecule has 32 heteroatoms. The molecule has 0 spiro atoms. The fourth-order valence-corrected chi connectivity index (χ4v) is 11.9. The van der Waals surface area contributed by atoms with Gasteiger partial charge < -0.3 is 159 Å². The van der Waals surface area contributed by atoms with Crippen LogP contribution in [-0.2, 0) is 52.1 Å². The van der Waals surface area contributed by atoms with Crippen LogP contribution >= 0.6 is 0 Å². The highest BCUT2D eigenvalue weighted by Gasteiger charge is 2.59. The molecule has 32 nitrogen and oxygen atoms in total. The summed E-state index contributed by atoms with van der Waals surface area (Å²) in [5.41, 5.74) is 0. The van der Waals surface area contributed by atoms with Crippen molar-refractivity contribution in [3.63, 3.8) is 0 Å². The smallest absolute Gasteiger partial charge is 0.187 e. The van der Waals surface area contributed by atoms with Crippen LogP contribution in [0.25, 0.3) is 0 Å². The van der Waals surface area contributed by atoms with Crippen molar-refractivity contribution in [3.05, 3.63) is 0 Å². The van der Waals surface area contributed by atoms with Gasteiger partial charge in [0.1, 0.15) is 134 Å². The molecule has 448 valence electrons. The van der Waals surface area contributed by atoms with E-state index < -0.39 is 279 Å². The first-order valence-electron chi connectivity index (χ1n) is 25.7. The minimum absolute atomic E-state index is 0.394. The van der Waals surface area contributed by atoms with Crippen molar-refractivity contribution in [2.24, 2.45) is 17.8 Å². The van der Waals surface area contributed by atoms with Gasteiger partial charge >= 0.3 is 0 Å². The lowest BCUT2D eigenvalue weighted by Crippen LogP contribution is -2.67. The number of hydrogen-bond donors (Lipinski definition) is 21. The minimum Gasteiger partial charge on any atom is -0.396 e. The SMILES string of the molecule is OC[C@H]1CC2O[C@H]3[C@H](O)[C@@H](O)C(OC4[C@@H](CO)CC(O[C@H]5[C@H](O)[C@@H](O)C(OC6[C@@H](CO)CC(O[C@H]7[C@H](O)[C@@H](O)C(O[C@H]8[C@H](O)[C@@H](O)C(OC1[C@H](O)[C@H]2O)O[C@@H]8CO)O[C@@H]7CO)[C@H](O)[C@H]6O)O[C@@H]5CO)[C@H](O)[C@H]4O)O[C@@H]3CO. The Morgan fingerprint density at radius 3 is 0.610 bits per heavy atom. The average molecular weight is 1130 g/mol. The Morgan fingerprint density at radius 1 is 0.208 bits per heavy atom. The molecule has 77 heavy (non-hydrogen) atoms. The number of ether oxygens (including phenoxy) is 11. The highest BCUT2D eigenvalue weighted by Crippen LogP contribution is 2.41. The first kappa shape index (κ1) is 61.8. The Kier molecular flexibility index (Phi) is 20.9. The molecular weight excluding hydrogens is 1050 g/mol. The zero-order chi connectivity index (χ0) is 56.1. The van der Waals surface area contributed by atoms with Gasteiger partial charge in [0, 0.05) is 37.6 Å². The second-order valence-corrected chi connectivity index (χ2v) is 21.1. The maximum Gasteiger partial charge on any atom is 0.187 e. The van der Waals surface area contributed by atoms with Crippen molar-refractivity contribution in [2.75, 3.05) is 46.2 Å². The van der Waals surface area contributed by atoms with Crippen LogP contribution in [0.2, 0.25) is 0 Å². The van der Waals surface area contributed by atoms with Crippen LogP contribution in [0.4, 0.5) is 0 Å². The quantitative estimate of drug-likeness (QED) is 0.113. The van der Waals surface area contributed by atoms with Gasteiger partial charge in [0.05, 0.1) is 63.1 Å². The van der Waals surface area contributed by atoms with Crippen molar-refractivity contribution in [3.8, 4) is 0 Å². The molecule has 18 aliphatic heterocycles. The molecule has 21 aliphatic rings. The van der Waals surface area contributed by atoms with Crippen LogP contribution in [0.5, 0.6) is 0 Å². The summed E-state index contributed by atoms with van der Waals surface area (Å²) >= 11 is 0. The number of aliphatic hydroxyl groups excluding tert-OH is 21. The summed E-state index contributed by atoms with van der Waals surface area (Å²) in [6.07, 6.45) is -60.5. The fraction of sp³-hybridized carbons (Fsp3) is 1.00. The predicted molar refractivity (Wildman–Crippen MR) is 238 cm³/mol. The summed E-state index contributed by atoms with van der Waals surface area (Å²) < 4.78 is 64.2. The maximum absolute atomic E-state index is 11.4. The summed E-state index contributed by atoms with van der Waals surface area (Å²) in [5, 5.41) is 232. The maximum atomic E-state index is 11.4. The highest BCUT2D eigenvalue weighted by atomic mass is 16.8. The van der Waals surface area contributed by atoms with Gasteiger partial charge in [0.15, 0.2) is 25.2 Å². The molecule has 0 radical (unpaired) electrons. The molecule has 10 unspecified atom stereocenters. The second-order valence-electron chi connectivity index (χ2n) is 21.1. The molecular formula is C45H76O32. The molecule has 3 aliphatic carbocycles. The molecule has 35 atom stereocenters. The van der Waals surface area contributed by atoms with E-state index in [0.717, 1.165) is 0 Å². The second kappa shape index (κ2) is 26.1. The molecule has 18 saturated heterocycles. The normalized spacial score (nSPS) is 55.4. The van der Waals surface area contributed by atoms with Gasteiger partial charge in [-0.15, -0.1) is 0 Å². The third kappa shape index (κ3) is 12.1. The van der Waals surface area contributed by atoms with E-state index in [1.54, 1.807) is 0 Å². The van der Waals surface area contributed by atoms with E-state index in [-0.39, 0.29) is 0 Å². The highest BCUT2D eigenvalue weighted by molar-refractivity contribution is 5.04. The first-order valence-corrected chi connectivity index (χ1v) is 25.7. The Hall–Kier alpha value is -1.28. The topological polar surface area (TPSA) is 526 Å². The lowest BCUT2D eigenvalue weighted by molar-refractivity contribution is -0.374. The zero-order valence-corrected chi connectivity index (χ0v) is 41.2. The Bertz CT molecular complexity index is 1470. The number of rotatable bonds is 7. The van der Waals surface area contributed by atoms with E-state index in [1.807, 2.05) is 0 Å². The Labute approximate surface area is 438 Å². The molecule has 0 aromatic heterocycles. The van der Waals surface area contributed by atoms with Gasteiger partial charge in [-0.1, -0.05) is 0 Å². The Morgan fingerprint density at radius 2 is 0.403 bits per heavy atom. The van der Waals surface area contributed by atoms with Crippen molar-refractivity contribution in [2.45, 2.75) is 215 Å². The molecule has 18 heterocycles. The molecule has 0 amide bonds. The molecule has 14 bridgehead atoms. The number of hydrogen-bond acceptors (Lipinski definition) is 32. The van der Waals surface area contributed by atoms with E-state index in [9.17, 15) is 107 Å². The van der Waals surface area contributed by atoms with Gasteiger partial charge in [0.2, 0.25) is 0 Å². The van der Waals surface area contributed by atoms with E-state index >= 15 is 0 Å². The molecule has 0 aromatic rings. The van der Waals surface area contributed by atoms with Crippen LogP contribution in [0.15, 0.2) is 0 Å². The number of aliphatic hydroxyl groups is 21. The van der Waals surface area contributed by atoms with Crippen LogP contribution in [-0.4, -0.2) is 350 Å². The standard InChI is InChI=1S/C45H76O32/c46-4-11-1-14-21(53)24(56)35(11)74-42-32(64)28(60)39(18(8-50)71-42)68-15-3-13(6-48)37(26(58)22(15)54)76-44-34(66)30(62)41(20(10-52)73-44)77-45-33(65)29(61)40(19(9-51)72-45)69-16-2-12(5-47)36(25(57)23(16)55)75-43-31(63)27(59)38(67-14)17(7-49)70-43/h11-66H,1-10H2/t11-,12-,13-,14?,15?,16?,17-,18-,19-,20-,21+,22+,23+,24-,25-,26-,27-,28-,29-,30-,31-,32-,33-,34-,35?,36?,37?,38-,39-,40-,41-,42?,43?,44?,45?/m1/s1. The van der Waals surface area contributed by atoms with Gasteiger partial charge in [-0.05, 0) is 19.3 Å². The predicted octanol–water partition coefficient (Wildman–Crippen LogP) is -13.2. The summed E-state index contributed by atoms with van der Waals surface area (Å²) in [7, 11) is 0. The minimum atomic E-state index is -2.13. The fourth-order valence-electron chi connectivity index (χ4n) is 11.9. The largest absolute Gasteiger partial charge is 0.396 e. The van der Waals surface area contributed by atoms with Gasteiger partial charge in [0.25, 0.3) is 0 Å². The van der Waals surface area contributed by atoms with Crippen molar-refractivity contribution < 1.29 is 159 Å². The summed E-state index contributed by atoms with van der Waals surface area (Å²) in [4.78, 5) is 0. The molecule has 21 N–H and O–H groups in total. The Balaban J connectivity index is 1.08. The molecule has 21 rings (SSSR count). The molecule has 21 fully saturated rings.